The van der Waals surface area contributed by atoms with Gasteiger partial charge in [0.05, 0.1) is 16.4 Å². The minimum absolute atomic E-state index is 0.0146. The maximum absolute atomic E-state index is 12.7. The van der Waals surface area contributed by atoms with E-state index >= 15 is 0 Å². The van der Waals surface area contributed by atoms with Crippen LogP contribution in [0.4, 0.5) is 11.4 Å². The Bertz CT molecular complexity index is 843. The van der Waals surface area contributed by atoms with Gasteiger partial charge in [-0.05, 0) is 37.6 Å². The van der Waals surface area contributed by atoms with Gasteiger partial charge in [0.2, 0.25) is 5.91 Å². The lowest BCUT2D eigenvalue weighted by Crippen LogP contribution is -2.49. The number of aryl methyl sites for hydroxylation is 1. The Hall–Kier alpha value is -2.53. The van der Waals surface area contributed by atoms with Crippen LogP contribution >= 0.6 is 11.6 Å². The number of nitrogens with one attached hydrogen (secondary N) is 1. The molecule has 3 rings (SSSR count). The molecule has 2 aromatic carbocycles. The van der Waals surface area contributed by atoms with Crippen LogP contribution in [0.3, 0.4) is 0 Å². The molecule has 0 bridgehead atoms. The smallest absolute Gasteiger partial charge is 0.253 e. The van der Waals surface area contributed by atoms with Crippen LogP contribution in [0.1, 0.15) is 35.7 Å². The average molecular weight is 400 g/mol. The van der Waals surface area contributed by atoms with Gasteiger partial charge in [0.25, 0.3) is 5.91 Å². The number of carbonyl (C=O) groups is 2. The fraction of sp³-hybridized carbons (Fsp3) is 0.364. The fourth-order valence-corrected chi connectivity index (χ4v) is 3.68. The molecule has 0 atom stereocenters. The van der Waals surface area contributed by atoms with Crippen LogP contribution in [0.25, 0.3) is 0 Å². The van der Waals surface area contributed by atoms with Crippen LogP contribution in [0.5, 0.6) is 0 Å². The van der Waals surface area contributed by atoms with Gasteiger partial charge in [-0.1, -0.05) is 42.3 Å². The van der Waals surface area contributed by atoms with E-state index in [0.717, 1.165) is 23.4 Å². The Balaban J connectivity index is 1.70. The standard InChI is InChI=1S/C22H26ClN3O2/c1-3-5-20(27)24-19-7-4-6-18(23)21(19)25-12-14-26(15-13-25)22(28)17-10-8-16(2)9-11-17/h4,6-11H,3,5,12-15H2,1-2H3,(H,24,27). The third-order valence-electron chi connectivity index (χ3n) is 4.92. The number of piperazine rings is 1. The number of carbonyl (C=O) groups excluding carboxylic acids is 2. The van der Waals surface area contributed by atoms with Gasteiger partial charge in [-0.15, -0.1) is 0 Å². The van der Waals surface area contributed by atoms with E-state index in [9.17, 15) is 9.59 Å². The second-order valence-corrected chi connectivity index (χ2v) is 7.49. The molecule has 0 saturated carbocycles. The molecule has 1 saturated heterocycles. The number of hydrogen-bond acceptors (Lipinski definition) is 3. The largest absolute Gasteiger partial charge is 0.365 e. The molecule has 0 aromatic heterocycles. The zero-order chi connectivity index (χ0) is 20.1. The lowest BCUT2D eigenvalue weighted by atomic mass is 10.1. The summed E-state index contributed by atoms with van der Waals surface area (Å²) in [7, 11) is 0. The molecule has 1 fully saturated rings. The van der Waals surface area contributed by atoms with Crippen molar-refractivity contribution in [2.75, 3.05) is 36.4 Å². The number of hydrogen-bond donors (Lipinski definition) is 1. The minimum Gasteiger partial charge on any atom is -0.365 e. The van der Waals surface area contributed by atoms with Crippen molar-refractivity contribution in [1.29, 1.82) is 0 Å². The first-order valence-electron chi connectivity index (χ1n) is 9.69. The lowest BCUT2D eigenvalue weighted by Gasteiger charge is -2.37. The summed E-state index contributed by atoms with van der Waals surface area (Å²) in [6, 6.07) is 13.2. The van der Waals surface area contributed by atoms with E-state index in [1.807, 2.05) is 61.2 Å². The Morgan fingerprint density at radius 3 is 2.36 bits per heavy atom. The van der Waals surface area contributed by atoms with Crippen molar-refractivity contribution in [3.8, 4) is 0 Å². The lowest BCUT2D eigenvalue weighted by molar-refractivity contribution is -0.116. The summed E-state index contributed by atoms with van der Waals surface area (Å²) < 4.78 is 0. The van der Waals surface area contributed by atoms with E-state index in [2.05, 4.69) is 10.2 Å². The summed E-state index contributed by atoms with van der Waals surface area (Å²) in [5, 5.41) is 3.57. The van der Waals surface area contributed by atoms with Crippen molar-refractivity contribution in [2.24, 2.45) is 0 Å². The summed E-state index contributed by atoms with van der Waals surface area (Å²) in [6.45, 7) is 6.53. The maximum Gasteiger partial charge on any atom is 0.253 e. The zero-order valence-electron chi connectivity index (χ0n) is 16.4. The molecule has 0 unspecified atom stereocenters. The Morgan fingerprint density at radius 2 is 1.71 bits per heavy atom. The number of amides is 2. The molecule has 0 radical (unpaired) electrons. The molecular weight excluding hydrogens is 374 g/mol. The topological polar surface area (TPSA) is 52.7 Å². The summed E-state index contributed by atoms with van der Waals surface area (Å²) in [5.74, 6) is 0.0366. The zero-order valence-corrected chi connectivity index (χ0v) is 17.1. The molecule has 5 nitrogen and oxygen atoms in total. The molecule has 28 heavy (non-hydrogen) atoms. The number of para-hydroxylation sites is 1. The van der Waals surface area contributed by atoms with Crippen molar-refractivity contribution in [2.45, 2.75) is 26.7 Å². The van der Waals surface area contributed by atoms with Crippen molar-refractivity contribution in [1.82, 2.24) is 4.90 Å². The first-order chi connectivity index (χ1) is 13.5. The van der Waals surface area contributed by atoms with Gasteiger partial charge >= 0.3 is 0 Å². The van der Waals surface area contributed by atoms with E-state index in [1.165, 1.54) is 0 Å². The number of nitrogens with zero attached hydrogens (tertiary/aromatic N) is 2. The van der Waals surface area contributed by atoms with E-state index < -0.39 is 0 Å². The quantitative estimate of drug-likeness (QED) is 0.813. The Labute approximate surface area is 171 Å². The summed E-state index contributed by atoms with van der Waals surface area (Å²) in [6.07, 6.45) is 1.27. The van der Waals surface area contributed by atoms with Gasteiger partial charge < -0.3 is 15.1 Å². The van der Waals surface area contributed by atoms with Crippen molar-refractivity contribution in [3.63, 3.8) is 0 Å². The van der Waals surface area contributed by atoms with Crippen LogP contribution in [-0.4, -0.2) is 42.9 Å². The summed E-state index contributed by atoms with van der Waals surface area (Å²) >= 11 is 6.46. The van der Waals surface area contributed by atoms with Crippen molar-refractivity contribution in [3.05, 3.63) is 58.6 Å². The maximum atomic E-state index is 12.7. The molecule has 6 heteroatoms. The summed E-state index contributed by atoms with van der Waals surface area (Å²) in [4.78, 5) is 28.8. The van der Waals surface area contributed by atoms with Gasteiger partial charge in [-0.25, -0.2) is 0 Å². The van der Waals surface area contributed by atoms with Crippen LogP contribution in [0.2, 0.25) is 5.02 Å². The monoisotopic (exact) mass is 399 g/mol. The SMILES string of the molecule is CCCC(=O)Nc1cccc(Cl)c1N1CCN(C(=O)c2ccc(C)cc2)CC1. The van der Waals surface area contributed by atoms with Gasteiger partial charge in [0, 0.05) is 38.2 Å². The number of rotatable bonds is 5. The number of benzene rings is 2. The molecule has 2 amide bonds. The Kier molecular flexibility index (Phi) is 6.57. The normalized spacial score (nSPS) is 14.1. The highest BCUT2D eigenvalue weighted by Gasteiger charge is 2.25. The van der Waals surface area contributed by atoms with Crippen LogP contribution in [-0.2, 0) is 4.79 Å². The highest BCUT2D eigenvalue weighted by Crippen LogP contribution is 2.34. The third kappa shape index (κ3) is 4.65. The van der Waals surface area contributed by atoms with Gasteiger partial charge in [0.1, 0.15) is 0 Å². The minimum atomic E-state index is -0.0146. The molecule has 1 aliphatic heterocycles. The van der Waals surface area contributed by atoms with Gasteiger partial charge in [-0.3, -0.25) is 9.59 Å². The van der Waals surface area contributed by atoms with E-state index in [4.69, 9.17) is 11.6 Å². The first kappa shape index (κ1) is 20.2. The van der Waals surface area contributed by atoms with Gasteiger partial charge in [-0.2, -0.15) is 0 Å². The van der Waals surface area contributed by atoms with E-state index in [1.54, 1.807) is 0 Å². The fourth-order valence-electron chi connectivity index (χ4n) is 3.39. The highest BCUT2D eigenvalue weighted by atomic mass is 35.5. The number of halogens is 1. The molecule has 1 N–H and O–H groups in total. The second kappa shape index (κ2) is 9.11. The summed E-state index contributed by atoms with van der Waals surface area (Å²) in [5.41, 5.74) is 3.40. The van der Waals surface area contributed by atoms with Crippen LogP contribution in [0.15, 0.2) is 42.5 Å². The van der Waals surface area contributed by atoms with Crippen molar-refractivity contribution < 1.29 is 9.59 Å². The molecule has 1 aliphatic rings. The first-order valence-corrected chi connectivity index (χ1v) is 10.1. The predicted molar refractivity (Wildman–Crippen MR) is 114 cm³/mol. The third-order valence-corrected chi connectivity index (χ3v) is 5.22. The second-order valence-electron chi connectivity index (χ2n) is 7.08. The van der Waals surface area contributed by atoms with E-state index in [0.29, 0.717) is 43.2 Å². The van der Waals surface area contributed by atoms with Gasteiger partial charge in [0.15, 0.2) is 0 Å². The molecular formula is C22H26ClN3O2. The van der Waals surface area contributed by atoms with E-state index in [-0.39, 0.29) is 11.8 Å². The average Bonchev–Trinajstić information content (AvgIpc) is 2.69. The van der Waals surface area contributed by atoms with Crippen LogP contribution < -0.4 is 10.2 Å². The molecule has 0 aliphatic carbocycles. The van der Waals surface area contributed by atoms with Crippen LogP contribution in [0, 0.1) is 6.92 Å². The molecule has 1 heterocycles. The Morgan fingerprint density at radius 1 is 1.04 bits per heavy atom. The molecule has 0 spiro atoms. The highest BCUT2D eigenvalue weighted by molar-refractivity contribution is 6.34. The molecule has 2 aromatic rings. The molecule has 148 valence electrons. The predicted octanol–water partition coefficient (Wildman–Crippen LogP) is 4.35. The number of anilines is 2. The van der Waals surface area contributed by atoms with Crippen molar-refractivity contribution >= 4 is 34.8 Å².